The van der Waals surface area contributed by atoms with Crippen molar-refractivity contribution in [2.24, 2.45) is 5.73 Å². The molecule has 4 heteroatoms. The summed E-state index contributed by atoms with van der Waals surface area (Å²) in [5.41, 5.74) is 6.71. The number of amides is 1. The number of benzene rings is 1. The Morgan fingerprint density at radius 3 is 2.19 bits per heavy atom. The molecule has 16 heavy (non-hydrogen) atoms. The van der Waals surface area contributed by atoms with Crippen LogP contribution in [-0.4, -0.2) is 24.8 Å². The van der Waals surface area contributed by atoms with Crippen LogP contribution in [0.2, 0.25) is 0 Å². The molecule has 0 saturated carbocycles. The topological polar surface area (TPSA) is 63.4 Å². The van der Waals surface area contributed by atoms with Gasteiger partial charge in [0.2, 0.25) is 5.91 Å². The number of carbonyl (C=O) groups excluding carboxylic acids is 2. The van der Waals surface area contributed by atoms with Gasteiger partial charge in [-0.2, -0.15) is 0 Å². The molecule has 1 saturated heterocycles. The average molecular weight is 218 g/mol. The number of hydrogen-bond donors (Lipinski definition) is 1. The first-order valence-electron chi connectivity index (χ1n) is 5.33. The second kappa shape index (κ2) is 4.35. The second-order valence-corrected chi connectivity index (χ2v) is 3.94. The van der Waals surface area contributed by atoms with Crippen LogP contribution in [0.3, 0.4) is 0 Å². The van der Waals surface area contributed by atoms with E-state index >= 15 is 0 Å². The van der Waals surface area contributed by atoms with Crippen molar-refractivity contribution < 1.29 is 9.59 Å². The molecule has 2 rings (SSSR count). The van der Waals surface area contributed by atoms with Gasteiger partial charge in [-0.1, -0.05) is 0 Å². The SMILES string of the molecule is NC(=O)c1ccc(N2CCC(=O)CC2)cc1. The van der Waals surface area contributed by atoms with E-state index in [-0.39, 0.29) is 0 Å². The Bertz CT molecular complexity index is 402. The maximum Gasteiger partial charge on any atom is 0.248 e. The zero-order valence-electron chi connectivity index (χ0n) is 8.98. The van der Waals surface area contributed by atoms with Crippen LogP contribution in [0.15, 0.2) is 24.3 Å². The molecule has 4 nitrogen and oxygen atoms in total. The average Bonchev–Trinajstić information content (AvgIpc) is 2.30. The quantitative estimate of drug-likeness (QED) is 0.804. The molecule has 0 aromatic heterocycles. The highest BCUT2D eigenvalue weighted by Crippen LogP contribution is 2.18. The number of nitrogens with two attached hydrogens (primary N) is 1. The lowest BCUT2D eigenvalue weighted by Gasteiger charge is -2.28. The third kappa shape index (κ3) is 2.21. The van der Waals surface area contributed by atoms with Gasteiger partial charge in [-0.25, -0.2) is 0 Å². The van der Waals surface area contributed by atoms with Crippen molar-refractivity contribution in [3.63, 3.8) is 0 Å². The third-order valence-corrected chi connectivity index (χ3v) is 2.84. The number of carbonyl (C=O) groups is 2. The minimum Gasteiger partial charge on any atom is -0.371 e. The Morgan fingerprint density at radius 1 is 1.12 bits per heavy atom. The van der Waals surface area contributed by atoms with E-state index in [9.17, 15) is 9.59 Å². The molecular weight excluding hydrogens is 204 g/mol. The van der Waals surface area contributed by atoms with Crippen molar-refractivity contribution in [3.8, 4) is 0 Å². The molecule has 0 atom stereocenters. The zero-order chi connectivity index (χ0) is 11.5. The summed E-state index contributed by atoms with van der Waals surface area (Å²) in [6, 6.07) is 7.17. The van der Waals surface area contributed by atoms with Crippen molar-refractivity contribution >= 4 is 17.4 Å². The highest BCUT2D eigenvalue weighted by atomic mass is 16.1. The fraction of sp³-hybridized carbons (Fsp3) is 0.333. The van der Waals surface area contributed by atoms with Gasteiger partial charge >= 0.3 is 0 Å². The van der Waals surface area contributed by atoms with Gasteiger partial charge in [0.25, 0.3) is 0 Å². The van der Waals surface area contributed by atoms with Gasteiger partial charge in [-0.15, -0.1) is 0 Å². The summed E-state index contributed by atoms with van der Waals surface area (Å²) in [6.07, 6.45) is 1.22. The zero-order valence-corrected chi connectivity index (χ0v) is 8.98. The van der Waals surface area contributed by atoms with Crippen LogP contribution in [0.5, 0.6) is 0 Å². The molecule has 0 unspecified atom stereocenters. The molecule has 0 bridgehead atoms. The van der Waals surface area contributed by atoms with Crippen LogP contribution < -0.4 is 10.6 Å². The predicted molar refractivity (Wildman–Crippen MR) is 61.4 cm³/mol. The molecule has 1 aliphatic heterocycles. The van der Waals surface area contributed by atoms with Crippen molar-refractivity contribution in [3.05, 3.63) is 29.8 Å². The van der Waals surface area contributed by atoms with Gasteiger partial charge in [0.05, 0.1) is 0 Å². The van der Waals surface area contributed by atoms with Crippen LogP contribution >= 0.6 is 0 Å². The molecule has 0 radical (unpaired) electrons. The van der Waals surface area contributed by atoms with E-state index in [4.69, 9.17) is 5.73 Å². The molecule has 84 valence electrons. The summed E-state index contributed by atoms with van der Waals surface area (Å²) < 4.78 is 0. The normalized spacial score (nSPS) is 16.2. The lowest BCUT2D eigenvalue weighted by molar-refractivity contribution is -0.119. The molecule has 0 aliphatic carbocycles. The fourth-order valence-electron chi connectivity index (χ4n) is 1.85. The molecule has 1 heterocycles. The molecule has 1 aromatic rings. The summed E-state index contributed by atoms with van der Waals surface area (Å²) in [6.45, 7) is 1.52. The fourth-order valence-corrected chi connectivity index (χ4v) is 1.85. The van der Waals surface area contributed by atoms with E-state index in [0.717, 1.165) is 18.8 Å². The Kier molecular flexibility index (Phi) is 2.90. The van der Waals surface area contributed by atoms with E-state index in [1.165, 1.54) is 0 Å². The number of piperidine rings is 1. The standard InChI is InChI=1S/C12H14N2O2/c13-12(16)9-1-3-10(4-2-9)14-7-5-11(15)6-8-14/h1-4H,5-8H2,(H2,13,16). The first-order chi connectivity index (χ1) is 7.66. The molecule has 1 amide bonds. The lowest BCUT2D eigenvalue weighted by atomic mass is 10.1. The third-order valence-electron chi connectivity index (χ3n) is 2.84. The maximum absolute atomic E-state index is 11.1. The van der Waals surface area contributed by atoms with Crippen LogP contribution in [0, 0.1) is 0 Å². The van der Waals surface area contributed by atoms with E-state index in [2.05, 4.69) is 4.90 Å². The molecule has 1 aliphatic rings. The first kappa shape index (κ1) is 10.7. The number of nitrogens with zero attached hydrogens (tertiary/aromatic N) is 1. The van der Waals surface area contributed by atoms with Gasteiger partial charge in [-0.3, -0.25) is 9.59 Å². The first-order valence-corrected chi connectivity index (χ1v) is 5.33. The van der Waals surface area contributed by atoms with Crippen LogP contribution in [0.4, 0.5) is 5.69 Å². The van der Waals surface area contributed by atoms with Crippen LogP contribution in [-0.2, 0) is 4.79 Å². The highest BCUT2D eigenvalue weighted by molar-refractivity contribution is 5.93. The Hall–Kier alpha value is -1.84. The number of ketones is 1. The highest BCUT2D eigenvalue weighted by Gasteiger charge is 2.16. The van der Waals surface area contributed by atoms with E-state index in [0.29, 0.717) is 24.2 Å². The Labute approximate surface area is 94.0 Å². The largest absolute Gasteiger partial charge is 0.371 e. The molecule has 0 spiro atoms. The number of anilines is 1. The van der Waals surface area contributed by atoms with Crippen molar-refractivity contribution in [2.45, 2.75) is 12.8 Å². The molecule has 1 aromatic carbocycles. The Morgan fingerprint density at radius 2 is 1.69 bits per heavy atom. The molecule has 2 N–H and O–H groups in total. The van der Waals surface area contributed by atoms with Crippen LogP contribution in [0.1, 0.15) is 23.2 Å². The molecule has 1 fully saturated rings. The lowest BCUT2D eigenvalue weighted by Crippen LogP contribution is -2.33. The van der Waals surface area contributed by atoms with Gasteiger partial charge in [0.1, 0.15) is 5.78 Å². The number of Topliss-reactive ketones (excluding diaryl/α,β-unsaturated/α-hetero) is 1. The van der Waals surface area contributed by atoms with Gasteiger partial charge in [0.15, 0.2) is 0 Å². The van der Waals surface area contributed by atoms with Gasteiger partial charge < -0.3 is 10.6 Å². The monoisotopic (exact) mass is 218 g/mol. The van der Waals surface area contributed by atoms with Crippen molar-refractivity contribution in [1.29, 1.82) is 0 Å². The minimum atomic E-state index is -0.416. The minimum absolute atomic E-state index is 0.324. The predicted octanol–water partition coefficient (Wildman–Crippen LogP) is 0.955. The van der Waals surface area contributed by atoms with E-state index < -0.39 is 5.91 Å². The summed E-state index contributed by atoms with van der Waals surface area (Å²) in [5, 5.41) is 0. The summed E-state index contributed by atoms with van der Waals surface area (Å²) in [4.78, 5) is 24.1. The summed E-state index contributed by atoms with van der Waals surface area (Å²) >= 11 is 0. The second-order valence-electron chi connectivity index (χ2n) is 3.94. The number of hydrogen-bond acceptors (Lipinski definition) is 3. The van der Waals surface area contributed by atoms with Gasteiger partial charge in [0, 0.05) is 37.2 Å². The number of primary amides is 1. The van der Waals surface area contributed by atoms with Crippen LogP contribution in [0.25, 0.3) is 0 Å². The smallest absolute Gasteiger partial charge is 0.248 e. The van der Waals surface area contributed by atoms with Crippen molar-refractivity contribution in [2.75, 3.05) is 18.0 Å². The summed E-state index contributed by atoms with van der Waals surface area (Å²) in [7, 11) is 0. The number of rotatable bonds is 2. The molecular formula is C12H14N2O2. The van der Waals surface area contributed by atoms with Crippen molar-refractivity contribution in [1.82, 2.24) is 0 Å². The van der Waals surface area contributed by atoms with Gasteiger partial charge in [-0.05, 0) is 24.3 Å². The summed E-state index contributed by atoms with van der Waals surface area (Å²) in [5.74, 6) is -0.0922. The maximum atomic E-state index is 11.1. The van der Waals surface area contributed by atoms with E-state index in [1.54, 1.807) is 12.1 Å². The van der Waals surface area contributed by atoms with E-state index in [1.807, 2.05) is 12.1 Å². The Balaban J connectivity index is 2.10.